The third-order valence-electron chi connectivity index (χ3n) is 3.56. The molecule has 0 saturated carbocycles. The SMILES string of the molecule is CCCCn1ccnc1N1CCCC(NC)C1. The zero-order valence-corrected chi connectivity index (χ0v) is 11.0. The van der Waals surface area contributed by atoms with Gasteiger partial charge in [-0.2, -0.15) is 0 Å². The molecular formula is C13H24N4. The Bertz CT molecular complexity index is 334. The van der Waals surface area contributed by atoms with Crippen LogP contribution in [0.25, 0.3) is 0 Å². The van der Waals surface area contributed by atoms with E-state index in [9.17, 15) is 0 Å². The van der Waals surface area contributed by atoms with Crippen LogP contribution in [0.2, 0.25) is 0 Å². The largest absolute Gasteiger partial charge is 0.341 e. The number of hydrogen-bond donors (Lipinski definition) is 1. The zero-order chi connectivity index (χ0) is 12.1. The molecule has 1 fully saturated rings. The van der Waals surface area contributed by atoms with E-state index in [-0.39, 0.29) is 0 Å². The maximum atomic E-state index is 4.52. The van der Waals surface area contributed by atoms with E-state index < -0.39 is 0 Å². The second-order valence-corrected chi connectivity index (χ2v) is 4.85. The summed E-state index contributed by atoms with van der Waals surface area (Å²) >= 11 is 0. The van der Waals surface area contributed by atoms with Crippen LogP contribution in [0.3, 0.4) is 0 Å². The Labute approximate surface area is 104 Å². The molecule has 0 aliphatic carbocycles. The second-order valence-electron chi connectivity index (χ2n) is 4.85. The number of rotatable bonds is 5. The summed E-state index contributed by atoms with van der Waals surface area (Å²) in [4.78, 5) is 6.94. The smallest absolute Gasteiger partial charge is 0.205 e. The number of aromatic nitrogens is 2. The van der Waals surface area contributed by atoms with Crippen molar-refractivity contribution in [1.29, 1.82) is 0 Å². The van der Waals surface area contributed by atoms with Gasteiger partial charge in [0.15, 0.2) is 0 Å². The molecule has 1 atom stereocenters. The average molecular weight is 236 g/mol. The highest BCUT2D eigenvalue weighted by Gasteiger charge is 2.21. The van der Waals surface area contributed by atoms with Gasteiger partial charge in [-0.3, -0.25) is 0 Å². The lowest BCUT2D eigenvalue weighted by Gasteiger charge is -2.33. The lowest BCUT2D eigenvalue weighted by Crippen LogP contribution is -2.45. The molecule has 0 spiro atoms. The van der Waals surface area contributed by atoms with Crippen molar-refractivity contribution >= 4 is 5.95 Å². The van der Waals surface area contributed by atoms with Gasteiger partial charge in [0.1, 0.15) is 0 Å². The van der Waals surface area contributed by atoms with Crippen molar-refractivity contribution in [3.8, 4) is 0 Å². The van der Waals surface area contributed by atoms with Gasteiger partial charge in [0.2, 0.25) is 5.95 Å². The molecule has 0 aromatic carbocycles. The first kappa shape index (κ1) is 12.4. The van der Waals surface area contributed by atoms with Gasteiger partial charge in [-0.25, -0.2) is 4.98 Å². The molecule has 1 saturated heterocycles. The normalized spacial score (nSPS) is 20.8. The topological polar surface area (TPSA) is 33.1 Å². The molecule has 17 heavy (non-hydrogen) atoms. The predicted molar refractivity (Wildman–Crippen MR) is 71.4 cm³/mol. The number of unbranched alkanes of at least 4 members (excludes halogenated alkanes) is 1. The number of nitrogens with one attached hydrogen (secondary N) is 1. The maximum Gasteiger partial charge on any atom is 0.205 e. The summed E-state index contributed by atoms with van der Waals surface area (Å²) in [5, 5.41) is 3.38. The van der Waals surface area contributed by atoms with Crippen molar-refractivity contribution in [2.24, 2.45) is 0 Å². The lowest BCUT2D eigenvalue weighted by molar-refractivity contribution is 0.440. The molecule has 1 aliphatic rings. The summed E-state index contributed by atoms with van der Waals surface area (Å²) < 4.78 is 2.29. The van der Waals surface area contributed by atoms with Crippen molar-refractivity contribution in [3.05, 3.63) is 12.4 Å². The molecule has 1 aromatic heterocycles. The molecule has 0 radical (unpaired) electrons. The molecule has 4 nitrogen and oxygen atoms in total. The van der Waals surface area contributed by atoms with E-state index in [0.717, 1.165) is 25.6 Å². The first-order chi connectivity index (χ1) is 8.35. The third kappa shape index (κ3) is 3.00. The van der Waals surface area contributed by atoms with Gasteiger partial charge in [-0.15, -0.1) is 0 Å². The van der Waals surface area contributed by atoms with E-state index in [0.29, 0.717) is 6.04 Å². The van der Waals surface area contributed by atoms with Crippen molar-refractivity contribution in [1.82, 2.24) is 14.9 Å². The zero-order valence-electron chi connectivity index (χ0n) is 11.0. The number of likely N-dealkylation sites (N-methyl/N-ethyl adjacent to an activating group) is 1. The van der Waals surface area contributed by atoms with Gasteiger partial charge >= 0.3 is 0 Å². The molecule has 1 N–H and O–H groups in total. The minimum atomic E-state index is 0.611. The molecule has 0 amide bonds. The van der Waals surface area contributed by atoms with E-state index in [1.54, 1.807) is 0 Å². The summed E-state index contributed by atoms with van der Waals surface area (Å²) in [5.74, 6) is 1.15. The monoisotopic (exact) mass is 236 g/mol. The third-order valence-corrected chi connectivity index (χ3v) is 3.56. The van der Waals surface area contributed by atoms with E-state index in [4.69, 9.17) is 0 Å². The van der Waals surface area contributed by atoms with Crippen LogP contribution in [-0.2, 0) is 6.54 Å². The Hall–Kier alpha value is -1.03. The Morgan fingerprint density at radius 2 is 2.41 bits per heavy atom. The first-order valence-electron chi connectivity index (χ1n) is 6.78. The fourth-order valence-electron chi connectivity index (χ4n) is 2.48. The molecule has 1 aromatic rings. The van der Waals surface area contributed by atoms with Crippen molar-refractivity contribution in [2.45, 2.75) is 45.2 Å². The number of piperidine rings is 1. The predicted octanol–water partition coefficient (Wildman–Crippen LogP) is 1.87. The highest BCUT2D eigenvalue weighted by atomic mass is 15.3. The van der Waals surface area contributed by atoms with Crippen LogP contribution in [0.5, 0.6) is 0 Å². The van der Waals surface area contributed by atoms with Gasteiger partial charge < -0.3 is 14.8 Å². The molecule has 0 bridgehead atoms. The van der Waals surface area contributed by atoms with Gasteiger partial charge in [0.25, 0.3) is 0 Å². The highest BCUT2D eigenvalue weighted by molar-refractivity contribution is 5.32. The fourth-order valence-corrected chi connectivity index (χ4v) is 2.48. The Balaban J connectivity index is 2.02. The van der Waals surface area contributed by atoms with Crippen LogP contribution in [0.15, 0.2) is 12.4 Å². The van der Waals surface area contributed by atoms with Gasteiger partial charge in [0, 0.05) is 38.1 Å². The molecule has 1 aliphatic heterocycles. The minimum Gasteiger partial charge on any atom is -0.341 e. The Kier molecular flexibility index (Phi) is 4.42. The number of imidazole rings is 1. The first-order valence-corrected chi connectivity index (χ1v) is 6.78. The number of aryl methyl sites for hydroxylation is 1. The van der Waals surface area contributed by atoms with Crippen molar-refractivity contribution in [2.75, 3.05) is 25.0 Å². The summed E-state index contributed by atoms with van der Waals surface area (Å²) in [7, 11) is 2.05. The standard InChI is InChI=1S/C13H24N4/c1-3-4-8-16-10-7-15-13(16)17-9-5-6-12(11-17)14-2/h7,10,12,14H,3-6,8-9,11H2,1-2H3. The molecule has 2 heterocycles. The molecular weight excluding hydrogens is 212 g/mol. The Morgan fingerprint density at radius 3 is 3.18 bits per heavy atom. The fraction of sp³-hybridized carbons (Fsp3) is 0.769. The molecule has 1 unspecified atom stereocenters. The summed E-state index contributed by atoms with van der Waals surface area (Å²) in [6.45, 7) is 5.54. The lowest BCUT2D eigenvalue weighted by atomic mass is 10.1. The van der Waals surface area contributed by atoms with E-state index in [1.807, 2.05) is 6.20 Å². The summed E-state index contributed by atoms with van der Waals surface area (Å²) in [6, 6.07) is 0.611. The van der Waals surface area contributed by atoms with Crippen LogP contribution >= 0.6 is 0 Å². The van der Waals surface area contributed by atoms with Crippen LogP contribution < -0.4 is 10.2 Å². The molecule has 4 heteroatoms. The summed E-state index contributed by atoms with van der Waals surface area (Å²) in [6.07, 6.45) is 9.03. The van der Waals surface area contributed by atoms with Gasteiger partial charge in [-0.1, -0.05) is 13.3 Å². The van der Waals surface area contributed by atoms with Crippen molar-refractivity contribution < 1.29 is 0 Å². The van der Waals surface area contributed by atoms with Crippen LogP contribution in [0, 0.1) is 0 Å². The van der Waals surface area contributed by atoms with Crippen molar-refractivity contribution in [3.63, 3.8) is 0 Å². The highest BCUT2D eigenvalue weighted by Crippen LogP contribution is 2.18. The van der Waals surface area contributed by atoms with Gasteiger partial charge in [0.05, 0.1) is 0 Å². The summed E-state index contributed by atoms with van der Waals surface area (Å²) in [5.41, 5.74) is 0. The number of nitrogens with zero attached hydrogens (tertiary/aromatic N) is 3. The number of hydrogen-bond acceptors (Lipinski definition) is 3. The second kappa shape index (κ2) is 6.05. The van der Waals surface area contributed by atoms with Crippen LogP contribution in [0.1, 0.15) is 32.6 Å². The maximum absolute atomic E-state index is 4.52. The molecule has 2 rings (SSSR count). The average Bonchev–Trinajstić information content (AvgIpc) is 2.84. The van der Waals surface area contributed by atoms with Crippen LogP contribution in [-0.4, -0.2) is 35.7 Å². The van der Waals surface area contributed by atoms with E-state index in [2.05, 4.69) is 39.9 Å². The number of anilines is 1. The molecule has 96 valence electrons. The quantitative estimate of drug-likeness (QED) is 0.847. The van der Waals surface area contributed by atoms with Crippen LogP contribution in [0.4, 0.5) is 5.95 Å². The van der Waals surface area contributed by atoms with E-state index in [1.165, 1.54) is 25.7 Å². The Morgan fingerprint density at radius 1 is 1.53 bits per heavy atom. The minimum absolute atomic E-state index is 0.611. The van der Waals surface area contributed by atoms with E-state index >= 15 is 0 Å². The van der Waals surface area contributed by atoms with Gasteiger partial charge in [-0.05, 0) is 26.3 Å².